The van der Waals surface area contributed by atoms with E-state index in [1.54, 1.807) is 0 Å². The van der Waals surface area contributed by atoms with Crippen molar-refractivity contribution in [2.24, 2.45) is 17.8 Å². The zero-order valence-electron chi connectivity index (χ0n) is 17.9. The number of nitrogens with zero attached hydrogens (tertiary/aromatic N) is 3. The fourth-order valence-corrected chi connectivity index (χ4v) is 5.23. The third-order valence-electron chi connectivity index (χ3n) is 7.40. The van der Waals surface area contributed by atoms with Crippen molar-refractivity contribution in [1.29, 1.82) is 0 Å². The van der Waals surface area contributed by atoms with E-state index in [1.807, 2.05) is 4.90 Å². The lowest BCUT2D eigenvalue weighted by Gasteiger charge is -2.42. The molecule has 4 rings (SSSR count). The summed E-state index contributed by atoms with van der Waals surface area (Å²) in [6.45, 7) is 6.61. The summed E-state index contributed by atoms with van der Waals surface area (Å²) in [5.41, 5.74) is 1.29. The molecule has 2 saturated heterocycles. The molecule has 1 aromatic rings. The van der Waals surface area contributed by atoms with Gasteiger partial charge in [-0.25, -0.2) is 0 Å². The predicted octanol–water partition coefficient (Wildman–Crippen LogP) is 2.94. The SMILES string of the molecule is O=C(O)CC1CCN(C(=O)C2CCC2)CC1CCN1CCN(c2ccccc2)CC1. The van der Waals surface area contributed by atoms with Crippen molar-refractivity contribution in [1.82, 2.24) is 9.80 Å². The molecule has 0 bridgehead atoms. The minimum absolute atomic E-state index is 0.193. The number of rotatable bonds is 7. The summed E-state index contributed by atoms with van der Waals surface area (Å²) in [6, 6.07) is 10.6. The number of benzene rings is 1. The molecule has 1 N–H and O–H groups in total. The molecule has 0 aromatic heterocycles. The molecule has 2 unspecified atom stereocenters. The molecule has 0 radical (unpaired) electrons. The van der Waals surface area contributed by atoms with E-state index < -0.39 is 5.97 Å². The number of piperidine rings is 1. The second kappa shape index (κ2) is 9.82. The summed E-state index contributed by atoms with van der Waals surface area (Å²) < 4.78 is 0. The smallest absolute Gasteiger partial charge is 0.303 e. The quantitative estimate of drug-likeness (QED) is 0.745. The lowest BCUT2D eigenvalue weighted by atomic mass is 9.79. The van der Waals surface area contributed by atoms with Crippen molar-refractivity contribution in [3.8, 4) is 0 Å². The number of para-hydroxylation sites is 1. The van der Waals surface area contributed by atoms with Gasteiger partial charge in [0.15, 0.2) is 0 Å². The maximum absolute atomic E-state index is 12.7. The topological polar surface area (TPSA) is 64.1 Å². The molecule has 2 heterocycles. The van der Waals surface area contributed by atoms with Gasteiger partial charge in [-0.3, -0.25) is 14.5 Å². The number of carbonyl (C=O) groups excluding carboxylic acids is 1. The number of piperazine rings is 1. The van der Waals surface area contributed by atoms with Crippen LogP contribution in [-0.4, -0.2) is 72.6 Å². The van der Waals surface area contributed by atoms with Crippen LogP contribution in [-0.2, 0) is 9.59 Å². The fourth-order valence-electron chi connectivity index (χ4n) is 5.23. The number of anilines is 1. The molecule has 30 heavy (non-hydrogen) atoms. The van der Waals surface area contributed by atoms with E-state index in [4.69, 9.17) is 0 Å². The summed E-state index contributed by atoms with van der Waals surface area (Å²) in [5.74, 6) is 0.328. The summed E-state index contributed by atoms with van der Waals surface area (Å²) in [4.78, 5) is 31.1. The maximum atomic E-state index is 12.7. The largest absolute Gasteiger partial charge is 0.481 e. The van der Waals surface area contributed by atoms with Crippen LogP contribution in [0, 0.1) is 17.8 Å². The molecule has 164 valence electrons. The first-order chi connectivity index (χ1) is 14.6. The lowest BCUT2D eigenvalue weighted by molar-refractivity contribution is -0.142. The van der Waals surface area contributed by atoms with Crippen LogP contribution in [0.4, 0.5) is 5.69 Å². The van der Waals surface area contributed by atoms with Gasteiger partial charge in [0, 0.05) is 57.3 Å². The van der Waals surface area contributed by atoms with E-state index in [0.29, 0.717) is 11.8 Å². The molecule has 2 aliphatic heterocycles. The van der Waals surface area contributed by atoms with Gasteiger partial charge >= 0.3 is 5.97 Å². The predicted molar refractivity (Wildman–Crippen MR) is 117 cm³/mol. The van der Waals surface area contributed by atoms with Crippen molar-refractivity contribution in [2.75, 3.05) is 50.7 Å². The van der Waals surface area contributed by atoms with Gasteiger partial charge in [-0.05, 0) is 56.2 Å². The first-order valence-corrected chi connectivity index (χ1v) is 11.6. The van der Waals surface area contributed by atoms with Crippen LogP contribution in [0.2, 0.25) is 0 Å². The van der Waals surface area contributed by atoms with Gasteiger partial charge in [-0.1, -0.05) is 24.6 Å². The molecular formula is C24H35N3O3. The van der Waals surface area contributed by atoms with Crippen LogP contribution in [0.5, 0.6) is 0 Å². The van der Waals surface area contributed by atoms with E-state index in [9.17, 15) is 14.7 Å². The summed E-state index contributed by atoms with van der Waals surface area (Å²) in [6.07, 6.45) is 5.28. The van der Waals surface area contributed by atoms with Crippen molar-refractivity contribution in [3.05, 3.63) is 30.3 Å². The fraction of sp³-hybridized carbons (Fsp3) is 0.667. The Labute approximate surface area is 179 Å². The molecule has 1 aliphatic carbocycles. The third-order valence-corrected chi connectivity index (χ3v) is 7.40. The van der Waals surface area contributed by atoms with Crippen LogP contribution in [0.1, 0.15) is 38.5 Å². The highest BCUT2D eigenvalue weighted by Gasteiger charge is 2.36. The molecule has 3 aliphatic rings. The van der Waals surface area contributed by atoms with E-state index in [1.165, 1.54) is 12.1 Å². The van der Waals surface area contributed by atoms with Gasteiger partial charge in [0.2, 0.25) is 5.91 Å². The highest BCUT2D eigenvalue weighted by molar-refractivity contribution is 5.79. The highest BCUT2D eigenvalue weighted by atomic mass is 16.4. The second-order valence-corrected chi connectivity index (χ2v) is 9.27. The molecule has 1 aromatic carbocycles. The number of hydrogen-bond donors (Lipinski definition) is 1. The zero-order chi connectivity index (χ0) is 20.9. The Bertz CT molecular complexity index is 714. The van der Waals surface area contributed by atoms with Crippen molar-refractivity contribution < 1.29 is 14.7 Å². The molecule has 3 fully saturated rings. The number of hydrogen-bond acceptors (Lipinski definition) is 4. The van der Waals surface area contributed by atoms with E-state index >= 15 is 0 Å². The summed E-state index contributed by atoms with van der Waals surface area (Å²) in [5, 5.41) is 9.35. The first kappa shape index (κ1) is 21.2. The average Bonchev–Trinajstić information content (AvgIpc) is 2.72. The molecule has 0 spiro atoms. The Morgan fingerprint density at radius 3 is 2.30 bits per heavy atom. The standard InChI is InChI=1S/C24H35N3O3/c28-23(29)17-20-10-12-27(24(30)19-5-4-6-19)18-21(20)9-11-25-13-15-26(16-14-25)22-7-2-1-3-8-22/h1-3,7-8,19-21H,4-6,9-18H2,(H,28,29). The molecular weight excluding hydrogens is 378 g/mol. The summed E-state index contributed by atoms with van der Waals surface area (Å²) >= 11 is 0. The normalized spacial score (nSPS) is 25.7. The van der Waals surface area contributed by atoms with Gasteiger partial charge in [0.05, 0.1) is 0 Å². The van der Waals surface area contributed by atoms with Gasteiger partial charge in [0.1, 0.15) is 0 Å². The highest BCUT2D eigenvalue weighted by Crippen LogP contribution is 2.34. The molecule has 1 saturated carbocycles. The van der Waals surface area contributed by atoms with Crippen molar-refractivity contribution in [3.63, 3.8) is 0 Å². The van der Waals surface area contributed by atoms with Crippen LogP contribution >= 0.6 is 0 Å². The molecule has 6 heteroatoms. The molecule has 2 atom stereocenters. The van der Waals surface area contributed by atoms with Crippen LogP contribution in [0.15, 0.2) is 30.3 Å². The molecule has 6 nitrogen and oxygen atoms in total. The Morgan fingerprint density at radius 2 is 1.67 bits per heavy atom. The minimum atomic E-state index is -0.708. The van der Waals surface area contributed by atoms with Crippen LogP contribution in [0.25, 0.3) is 0 Å². The Hall–Kier alpha value is -2.08. The van der Waals surface area contributed by atoms with E-state index in [0.717, 1.165) is 71.5 Å². The maximum Gasteiger partial charge on any atom is 0.303 e. The third kappa shape index (κ3) is 5.15. The van der Waals surface area contributed by atoms with Gasteiger partial charge < -0.3 is 14.9 Å². The number of carboxylic acid groups (broad SMARTS) is 1. The first-order valence-electron chi connectivity index (χ1n) is 11.6. The lowest BCUT2D eigenvalue weighted by Crippen LogP contribution is -2.50. The van der Waals surface area contributed by atoms with Gasteiger partial charge in [-0.15, -0.1) is 0 Å². The van der Waals surface area contributed by atoms with Crippen molar-refractivity contribution >= 4 is 17.6 Å². The van der Waals surface area contributed by atoms with Gasteiger partial charge in [-0.2, -0.15) is 0 Å². The zero-order valence-corrected chi connectivity index (χ0v) is 17.9. The van der Waals surface area contributed by atoms with E-state index in [-0.39, 0.29) is 18.3 Å². The number of carboxylic acids is 1. The van der Waals surface area contributed by atoms with E-state index in [2.05, 4.69) is 40.1 Å². The number of amides is 1. The minimum Gasteiger partial charge on any atom is -0.481 e. The summed E-state index contributed by atoms with van der Waals surface area (Å²) in [7, 11) is 0. The molecule has 1 amide bonds. The Morgan fingerprint density at radius 1 is 0.933 bits per heavy atom. The van der Waals surface area contributed by atoms with Crippen LogP contribution < -0.4 is 4.90 Å². The number of carbonyl (C=O) groups is 2. The van der Waals surface area contributed by atoms with Crippen LogP contribution in [0.3, 0.4) is 0 Å². The van der Waals surface area contributed by atoms with Crippen molar-refractivity contribution in [2.45, 2.75) is 38.5 Å². The number of likely N-dealkylation sites (tertiary alicyclic amines) is 1. The number of aliphatic carboxylic acids is 1. The second-order valence-electron chi connectivity index (χ2n) is 9.27. The van der Waals surface area contributed by atoms with Gasteiger partial charge in [0.25, 0.3) is 0 Å². The average molecular weight is 414 g/mol. The Balaban J connectivity index is 1.29. The Kier molecular flexibility index (Phi) is 6.93. The monoisotopic (exact) mass is 413 g/mol.